The van der Waals surface area contributed by atoms with Crippen LogP contribution in [0.5, 0.6) is 11.5 Å². The molecule has 35 heavy (non-hydrogen) atoms. The first-order valence-electron chi connectivity index (χ1n) is 11.1. The van der Waals surface area contributed by atoms with Gasteiger partial charge in [-0.2, -0.15) is 0 Å². The fourth-order valence-electron chi connectivity index (χ4n) is 4.10. The van der Waals surface area contributed by atoms with Crippen LogP contribution in [0.15, 0.2) is 78.1 Å². The molecule has 3 aromatic carbocycles. The summed E-state index contributed by atoms with van der Waals surface area (Å²) in [6, 6.07) is 21.6. The number of nitrogens with zero attached hydrogens (tertiary/aromatic N) is 3. The number of amides is 1. The molecular formula is C26H21N5O3S. The van der Waals surface area contributed by atoms with Crippen LogP contribution in [0.3, 0.4) is 0 Å². The quantitative estimate of drug-likeness (QED) is 0.323. The molecule has 5 aromatic rings. The lowest BCUT2D eigenvalue weighted by Gasteiger charge is -2.11. The van der Waals surface area contributed by atoms with Crippen LogP contribution < -0.4 is 14.8 Å². The van der Waals surface area contributed by atoms with Crippen LogP contribution in [0.2, 0.25) is 0 Å². The summed E-state index contributed by atoms with van der Waals surface area (Å²) in [4.78, 5) is 16.0. The fraction of sp³-hybridized carbons (Fsp3) is 0.115. The number of nitrogens with one attached hydrogen (secondary N) is 2. The molecule has 6 rings (SSSR count). The molecule has 0 bridgehead atoms. The molecule has 0 saturated carbocycles. The Bertz CT molecular complexity index is 1560. The van der Waals surface area contributed by atoms with Gasteiger partial charge in [0.15, 0.2) is 22.5 Å². The number of rotatable bonds is 6. The summed E-state index contributed by atoms with van der Waals surface area (Å²) in [5.41, 5.74) is 4.69. The molecule has 0 unspecified atom stereocenters. The highest BCUT2D eigenvalue weighted by atomic mass is 32.2. The minimum Gasteiger partial charge on any atom is -0.454 e. The third-order valence-electron chi connectivity index (χ3n) is 5.71. The maximum Gasteiger partial charge on any atom is 0.234 e. The highest BCUT2D eigenvalue weighted by Gasteiger charge is 2.20. The average molecular weight is 484 g/mol. The second-order valence-electron chi connectivity index (χ2n) is 8.13. The van der Waals surface area contributed by atoms with E-state index in [0.717, 1.165) is 27.7 Å². The molecule has 0 fully saturated rings. The predicted molar refractivity (Wildman–Crippen MR) is 135 cm³/mol. The van der Waals surface area contributed by atoms with Crippen LogP contribution in [0.25, 0.3) is 28.0 Å². The van der Waals surface area contributed by atoms with E-state index in [1.54, 1.807) is 18.2 Å². The Hall–Kier alpha value is -4.24. The molecule has 3 heterocycles. The van der Waals surface area contributed by atoms with Crippen molar-refractivity contribution in [1.82, 2.24) is 19.7 Å². The van der Waals surface area contributed by atoms with Crippen LogP contribution in [-0.4, -0.2) is 38.2 Å². The molecule has 8 nitrogen and oxygen atoms in total. The Labute approximate surface area is 205 Å². The van der Waals surface area contributed by atoms with Gasteiger partial charge in [-0.1, -0.05) is 42.1 Å². The average Bonchev–Trinajstić information content (AvgIpc) is 3.60. The van der Waals surface area contributed by atoms with E-state index in [9.17, 15) is 4.79 Å². The highest BCUT2D eigenvalue weighted by molar-refractivity contribution is 7.99. The van der Waals surface area contributed by atoms with Crippen LogP contribution in [0.1, 0.15) is 5.56 Å². The van der Waals surface area contributed by atoms with E-state index >= 15 is 0 Å². The van der Waals surface area contributed by atoms with Gasteiger partial charge in [-0.05, 0) is 42.8 Å². The van der Waals surface area contributed by atoms with Gasteiger partial charge in [-0.3, -0.25) is 9.36 Å². The van der Waals surface area contributed by atoms with E-state index in [2.05, 4.69) is 32.6 Å². The normalized spacial score (nSPS) is 12.3. The lowest BCUT2D eigenvalue weighted by Crippen LogP contribution is -2.14. The zero-order valence-corrected chi connectivity index (χ0v) is 19.6. The first-order valence-corrected chi connectivity index (χ1v) is 12.1. The van der Waals surface area contributed by atoms with Crippen molar-refractivity contribution in [2.24, 2.45) is 0 Å². The maximum atomic E-state index is 12.7. The first kappa shape index (κ1) is 21.3. The van der Waals surface area contributed by atoms with E-state index in [1.165, 1.54) is 11.8 Å². The lowest BCUT2D eigenvalue weighted by molar-refractivity contribution is -0.113. The summed E-state index contributed by atoms with van der Waals surface area (Å²) >= 11 is 1.34. The van der Waals surface area contributed by atoms with Crippen LogP contribution >= 0.6 is 11.8 Å². The Morgan fingerprint density at radius 1 is 1.06 bits per heavy atom. The number of ether oxygens (including phenoxy) is 2. The van der Waals surface area contributed by atoms with Crippen molar-refractivity contribution in [3.63, 3.8) is 0 Å². The molecule has 1 amide bonds. The van der Waals surface area contributed by atoms with Crippen molar-refractivity contribution < 1.29 is 14.3 Å². The number of para-hydroxylation sites is 1. The topological polar surface area (TPSA) is 94.1 Å². The molecular weight excluding hydrogens is 462 g/mol. The Balaban J connectivity index is 1.29. The van der Waals surface area contributed by atoms with Crippen molar-refractivity contribution in [3.8, 4) is 28.6 Å². The second kappa shape index (κ2) is 8.84. The maximum absolute atomic E-state index is 12.7. The molecule has 0 saturated heterocycles. The van der Waals surface area contributed by atoms with Gasteiger partial charge in [0.05, 0.1) is 5.75 Å². The molecule has 0 radical (unpaired) electrons. The van der Waals surface area contributed by atoms with E-state index in [4.69, 9.17) is 9.47 Å². The van der Waals surface area contributed by atoms with Crippen molar-refractivity contribution in [3.05, 3.63) is 78.5 Å². The molecule has 9 heteroatoms. The molecule has 0 atom stereocenters. The Morgan fingerprint density at radius 2 is 1.94 bits per heavy atom. The van der Waals surface area contributed by atoms with Crippen molar-refractivity contribution in [2.45, 2.75) is 12.1 Å². The number of carbonyl (C=O) groups is 1. The number of benzene rings is 3. The van der Waals surface area contributed by atoms with E-state index in [-0.39, 0.29) is 18.5 Å². The fourth-order valence-corrected chi connectivity index (χ4v) is 4.85. The molecule has 0 aliphatic carbocycles. The molecule has 174 valence electrons. The summed E-state index contributed by atoms with van der Waals surface area (Å²) in [6.45, 7) is 2.24. The van der Waals surface area contributed by atoms with Crippen molar-refractivity contribution in [1.29, 1.82) is 0 Å². The summed E-state index contributed by atoms with van der Waals surface area (Å²) < 4.78 is 12.7. The molecule has 1 aliphatic rings. The van der Waals surface area contributed by atoms with Gasteiger partial charge >= 0.3 is 0 Å². The summed E-state index contributed by atoms with van der Waals surface area (Å²) in [5, 5.41) is 13.6. The number of anilines is 1. The van der Waals surface area contributed by atoms with Gasteiger partial charge in [-0.25, -0.2) is 0 Å². The number of aromatic amines is 1. The zero-order valence-electron chi connectivity index (χ0n) is 18.8. The predicted octanol–water partition coefficient (Wildman–Crippen LogP) is 5.18. The van der Waals surface area contributed by atoms with Gasteiger partial charge < -0.3 is 19.8 Å². The standard InChI is InChI=1S/C26H21N5O3S/c1-16-5-4-6-18(11-16)31-25(20-13-27-21-8-3-2-7-19(20)21)29-30-26(31)35-14-24(32)28-17-9-10-22-23(12-17)34-15-33-22/h2-13,27H,14-15H2,1H3,(H,28,32). The zero-order chi connectivity index (χ0) is 23.8. The van der Waals surface area contributed by atoms with Gasteiger partial charge in [-0.15, -0.1) is 10.2 Å². The number of fused-ring (bicyclic) bond motifs is 2. The number of aryl methyl sites for hydroxylation is 1. The summed E-state index contributed by atoms with van der Waals surface area (Å²) in [5.74, 6) is 2.03. The van der Waals surface area contributed by atoms with Gasteiger partial charge in [0, 0.05) is 40.1 Å². The number of thioether (sulfide) groups is 1. The van der Waals surface area contributed by atoms with Crippen LogP contribution in [0.4, 0.5) is 5.69 Å². The van der Waals surface area contributed by atoms with Gasteiger partial charge in [0.2, 0.25) is 12.7 Å². The number of hydrogen-bond acceptors (Lipinski definition) is 6. The van der Waals surface area contributed by atoms with E-state index in [1.807, 2.05) is 54.1 Å². The van der Waals surface area contributed by atoms with Crippen LogP contribution in [0, 0.1) is 6.92 Å². The first-order chi connectivity index (χ1) is 17.2. The van der Waals surface area contributed by atoms with Crippen molar-refractivity contribution >= 4 is 34.3 Å². The number of hydrogen-bond donors (Lipinski definition) is 2. The minimum atomic E-state index is -0.152. The lowest BCUT2D eigenvalue weighted by atomic mass is 10.1. The third-order valence-corrected chi connectivity index (χ3v) is 6.64. The Kier molecular flexibility index (Phi) is 5.38. The minimum absolute atomic E-state index is 0.152. The van der Waals surface area contributed by atoms with Crippen molar-refractivity contribution in [2.75, 3.05) is 17.9 Å². The monoisotopic (exact) mass is 483 g/mol. The smallest absolute Gasteiger partial charge is 0.234 e. The van der Waals surface area contributed by atoms with Crippen LogP contribution in [-0.2, 0) is 4.79 Å². The largest absolute Gasteiger partial charge is 0.454 e. The summed E-state index contributed by atoms with van der Waals surface area (Å²) in [7, 11) is 0. The van der Waals surface area contributed by atoms with Gasteiger partial charge in [0.25, 0.3) is 0 Å². The third kappa shape index (κ3) is 4.10. The summed E-state index contributed by atoms with van der Waals surface area (Å²) in [6.07, 6.45) is 1.95. The SMILES string of the molecule is Cc1cccc(-n2c(SCC(=O)Nc3ccc4c(c3)OCO4)nnc2-c2c[nH]c3ccccc23)c1. The van der Waals surface area contributed by atoms with E-state index < -0.39 is 0 Å². The molecule has 2 N–H and O–H groups in total. The van der Waals surface area contributed by atoms with E-state index in [0.29, 0.717) is 28.2 Å². The van der Waals surface area contributed by atoms with Gasteiger partial charge in [0.1, 0.15) is 0 Å². The molecule has 1 aliphatic heterocycles. The number of H-pyrrole nitrogens is 1. The number of aromatic nitrogens is 4. The molecule has 2 aromatic heterocycles. The highest BCUT2D eigenvalue weighted by Crippen LogP contribution is 2.35. The second-order valence-corrected chi connectivity index (χ2v) is 9.08. The number of carbonyl (C=O) groups excluding carboxylic acids is 1. The Morgan fingerprint density at radius 3 is 2.86 bits per heavy atom. The molecule has 0 spiro atoms.